The zero-order valence-corrected chi connectivity index (χ0v) is 12.5. The first-order valence-corrected chi connectivity index (χ1v) is 7.10. The number of nitrogens with one attached hydrogen (secondary N) is 2. The summed E-state index contributed by atoms with van der Waals surface area (Å²) in [5, 5.41) is 16.9. The Kier molecular flexibility index (Phi) is 4.01. The molecular weight excluding hydrogens is 292 g/mol. The highest BCUT2D eigenvalue weighted by Crippen LogP contribution is 2.28. The van der Waals surface area contributed by atoms with Crippen molar-refractivity contribution in [2.75, 3.05) is 17.7 Å². The van der Waals surface area contributed by atoms with Crippen molar-refractivity contribution in [3.05, 3.63) is 60.7 Å². The molecule has 0 fully saturated rings. The molecule has 0 aliphatic carbocycles. The SMILES string of the molecule is COc1ccccc1NC(=O)Nc1cccc2ccc(O)cc12. The minimum Gasteiger partial charge on any atom is -0.508 e. The molecule has 3 N–H and O–H groups in total. The van der Waals surface area contributed by atoms with Gasteiger partial charge in [0.1, 0.15) is 11.5 Å². The lowest BCUT2D eigenvalue weighted by molar-refractivity contribution is 0.262. The van der Waals surface area contributed by atoms with Crippen LogP contribution in [0.15, 0.2) is 60.7 Å². The number of hydrogen-bond donors (Lipinski definition) is 3. The first-order chi connectivity index (χ1) is 11.2. The molecular formula is C18H16N2O3. The van der Waals surface area contributed by atoms with Crippen LogP contribution in [0.2, 0.25) is 0 Å². The molecule has 0 aliphatic heterocycles. The average molecular weight is 308 g/mol. The van der Waals surface area contributed by atoms with Crippen molar-refractivity contribution in [3.8, 4) is 11.5 Å². The number of para-hydroxylation sites is 2. The number of ether oxygens (including phenoxy) is 1. The number of benzene rings is 3. The molecule has 0 saturated carbocycles. The van der Waals surface area contributed by atoms with E-state index >= 15 is 0 Å². The van der Waals surface area contributed by atoms with E-state index in [-0.39, 0.29) is 11.8 Å². The standard InChI is InChI=1S/C18H16N2O3/c1-23-17-8-3-2-6-16(17)20-18(22)19-15-7-4-5-12-9-10-13(21)11-14(12)15/h2-11,21H,1H3,(H2,19,20,22). The second kappa shape index (κ2) is 6.27. The number of hydrogen-bond acceptors (Lipinski definition) is 3. The zero-order chi connectivity index (χ0) is 16.2. The molecule has 2 amide bonds. The van der Waals surface area contributed by atoms with Crippen molar-refractivity contribution < 1.29 is 14.6 Å². The average Bonchev–Trinajstić information content (AvgIpc) is 2.56. The minimum atomic E-state index is -0.384. The fraction of sp³-hybridized carbons (Fsp3) is 0.0556. The van der Waals surface area contributed by atoms with Crippen LogP contribution in [-0.2, 0) is 0 Å². The van der Waals surface area contributed by atoms with Gasteiger partial charge in [-0.2, -0.15) is 0 Å². The maximum absolute atomic E-state index is 12.2. The molecule has 23 heavy (non-hydrogen) atoms. The lowest BCUT2D eigenvalue weighted by atomic mass is 10.1. The molecule has 5 heteroatoms. The molecule has 116 valence electrons. The predicted octanol–water partition coefficient (Wildman–Crippen LogP) is 4.20. The molecule has 0 aliphatic rings. The van der Waals surface area contributed by atoms with Crippen molar-refractivity contribution in [2.24, 2.45) is 0 Å². The number of phenols is 1. The van der Waals surface area contributed by atoms with Crippen LogP contribution in [0.25, 0.3) is 10.8 Å². The number of phenolic OH excluding ortho intramolecular Hbond substituents is 1. The third-order valence-electron chi connectivity index (χ3n) is 3.47. The molecule has 0 saturated heterocycles. The maximum Gasteiger partial charge on any atom is 0.323 e. The van der Waals surface area contributed by atoms with Gasteiger partial charge in [0.25, 0.3) is 0 Å². The van der Waals surface area contributed by atoms with Crippen LogP contribution in [0.5, 0.6) is 11.5 Å². The second-order valence-corrected chi connectivity index (χ2v) is 4.99. The number of urea groups is 1. The van der Waals surface area contributed by atoms with Crippen molar-refractivity contribution in [1.82, 2.24) is 0 Å². The largest absolute Gasteiger partial charge is 0.508 e. The van der Waals surface area contributed by atoms with Crippen molar-refractivity contribution in [3.63, 3.8) is 0 Å². The van der Waals surface area contributed by atoms with Crippen LogP contribution in [0.3, 0.4) is 0 Å². The van der Waals surface area contributed by atoms with E-state index in [1.165, 1.54) is 0 Å². The van der Waals surface area contributed by atoms with Gasteiger partial charge in [-0.1, -0.05) is 30.3 Å². The zero-order valence-electron chi connectivity index (χ0n) is 12.5. The Hall–Kier alpha value is -3.21. The van der Waals surface area contributed by atoms with Gasteiger partial charge in [-0.05, 0) is 35.7 Å². The van der Waals surface area contributed by atoms with E-state index in [2.05, 4.69) is 10.6 Å². The minimum absolute atomic E-state index is 0.150. The number of rotatable bonds is 3. The molecule has 0 radical (unpaired) electrons. The first kappa shape index (κ1) is 14.7. The first-order valence-electron chi connectivity index (χ1n) is 7.10. The fourth-order valence-electron chi connectivity index (χ4n) is 2.39. The topological polar surface area (TPSA) is 70.6 Å². The molecule has 0 heterocycles. The number of aromatic hydroxyl groups is 1. The molecule has 3 aromatic carbocycles. The van der Waals surface area contributed by atoms with Crippen LogP contribution in [0.4, 0.5) is 16.2 Å². The third kappa shape index (κ3) is 3.18. The van der Waals surface area contributed by atoms with Crippen molar-refractivity contribution in [2.45, 2.75) is 0 Å². The summed E-state index contributed by atoms with van der Waals surface area (Å²) < 4.78 is 5.21. The van der Waals surface area contributed by atoms with Crippen LogP contribution in [-0.4, -0.2) is 18.2 Å². The number of amides is 2. The molecule has 0 atom stereocenters. The summed E-state index contributed by atoms with van der Waals surface area (Å²) in [6.45, 7) is 0. The highest BCUT2D eigenvalue weighted by Gasteiger charge is 2.09. The van der Waals surface area contributed by atoms with Gasteiger partial charge < -0.3 is 20.5 Å². The number of fused-ring (bicyclic) bond motifs is 1. The van der Waals surface area contributed by atoms with E-state index in [0.29, 0.717) is 17.1 Å². The van der Waals surface area contributed by atoms with Crippen molar-refractivity contribution in [1.29, 1.82) is 0 Å². The van der Waals surface area contributed by atoms with Crippen LogP contribution in [0, 0.1) is 0 Å². The van der Waals surface area contributed by atoms with Crippen LogP contribution >= 0.6 is 0 Å². The van der Waals surface area contributed by atoms with E-state index in [4.69, 9.17) is 4.74 Å². The summed E-state index contributed by atoms with van der Waals surface area (Å²) in [5.41, 5.74) is 1.20. The number of methoxy groups -OCH3 is 1. The Labute approximate surface area is 133 Å². The summed E-state index contributed by atoms with van der Waals surface area (Å²) in [7, 11) is 1.55. The van der Waals surface area contributed by atoms with Gasteiger partial charge in [0.05, 0.1) is 18.5 Å². The molecule has 5 nitrogen and oxygen atoms in total. The van der Waals surface area contributed by atoms with Gasteiger partial charge in [-0.3, -0.25) is 0 Å². The smallest absolute Gasteiger partial charge is 0.323 e. The number of carbonyl (C=O) groups is 1. The highest BCUT2D eigenvalue weighted by atomic mass is 16.5. The lowest BCUT2D eigenvalue weighted by Gasteiger charge is -2.12. The summed E-state index contributed by atoms with van der Waals surface area (Å²) in [6.07, 6.45) is 0. The quantitative estimate of drug-likeness (QED) is 0.679. The molecule has 3 rings (SSSR count). The Balaban J connectivity index is 1.84. The van der Waals surface area contributed by atoms with E-state index in [0.717, 1.165) is 10.8 Å². The Bertz CT molecular complexity index is 862. The van der Waals surface area contributed by atoms with Gasteiger partial charge in [-0.15, -0.1) is 0 Å². The Morgan fingerprint density at radius 1 is 0.957 bits per heavy atom. The van der Waals surface area contributed by atoms with Gasteiger partial charge in [0, 0.05) is 5.39 Å². The van der Waals surface area contributed by atoms with Gasteiger partial charge >= 0.3 is 6.03 Å². The summed E-state index contributed by atoms with van der Waals surface area (Å²) in [4.78, 5) is 12.2. The van der Waals surface area contributed by atoms with E-state index < -0.39 is 0 Å². The summed E-state index contributed by atoms with van der Waals surface area (Å²) >= 11 is 0. The normalized spacial score (nSPS) is 10.3. The summed E-state index contributed by atoms with van der Waals surface area (Å²) in [6, 6.07) is 17.4. The summed E-state index contributed by atoms with van der Waals surface area (Å²) in [5.74, 6) is 0.732. The maximum atomic E-state index is 12.2. The molecule has 0 spiro atoms. The molecule has 0 aromatic heterocycles. The molecule has 0 bridgehead atoms. The van der Waals surface area contributed by atoms with Crippen LogP contribution < -0.4 is 15.4 Å². The van der Waals surface area contributed by atoms with Gasteiger partial charge in [-0.25, -0.2) is 4.79 Å². The monoisotopic (exact) mass is 308 g/mol. The number of carbonyl (C=O) groups excluding carboxylic acids is 1. The Morgan fingerprint density at radius 2 is 1.70 bits per heavy atom. The van der Waals surface area contributed by atoms with Gasteiger partial charge in [0.15, 0.2) is 0 Å². The fourth-order valence-corrected chi connectivity index (χ4v) is 2.39. The van der Waals surface area contributed by atoms with E-state index in [1.54, 1.807) is 43.5 Å². The predicted molar refractivity (Wildman–Crippen MR) is 91.2 cm³/mol. The lowest BCUT2D eigenvalue weighted by Crippen LogP contribution is -2.19. The second-order valence-electron chi connectivity index (χ2n) is 4.99. The molecule has 0 unspecified atom stereocenters. The van der Waals surface area contributed by atoms with Gasteiger partial charge in [0.2, 0.25) is 0 Å². The van der Waals surface area contributed by atoms with Crippen molar-refractivity contribution >= 4 is 28.2 Å². The van der Waals surface area contributed by atoms with E-state index in [9.17, 15) is 9.90 Å². The van der Waals surface area contributed by atoms with E-state index in [1.807, 2.05) is 24.3 Å². The number of anilines is 2. The highest BCUT2D eigenvalue weighted by molar-refractivity contribution is 6.06. The van der Waals surface area contributed by atoms with Crippen LogP contribution in [0.1, 0.15) is 0 Å². The third-order valence-corrected chi connectivity index (χ3v) is 3.47. The Morgan fingerprint density at radius 3 is 2.52 bits per heavy atom. The molecule has 3 aromatic rings.